The molecule has 2 aromatic heterocycles. The monoisotopic (exact) mass is 490 g/mol. The van der Waals surface area contributed by atoms with Crippen LogP contribution in [0.15, 0.2) is 92.0 Å². The Morgan fingerprint density at radius 3 is 2.81 bits per heavy atom. The summed E-state index contributed by atoms with van der Waals surface area (Å²) in [6.45, 7) is 4.29. The first kappa shape index (κ1) is 19.7. The fourth-order valence-electron chi connectivity index (χ4n) is 3.61. The van der Waals surface area contributed by atoms with Gasteiger partial charge in [0.2, 0.25) is 0 Å². The molecule has 7 heteroatoms. The van der Waals surface area contributed by atoms with Crippen LogP contribution in [-0.2, 0) is 6.54 Å². The number of rotatable bonds is 3. The van der Waals surface area contributed by atoms with E-state index in [1.807, 2.05) is 53.1 Å². The Morgan fingerprint density at radius 2 is 1.97 bits per heavy atom. The summed E-state index contributed by atoms with van der Waals surface area (Å²) in [4.78, 5) is 30.4. The average Bonchev–Trinajstić information content (AvgIpc) is 3.09. The highest BCUT2D eigenvalue weighted by Gasteiger charge is 2.16. The Morgan fingerprint density at radius 1 is 1.13 bits per heavy atom. The molecule has 0 fully saturated rings. The van der Waals surface area contributed by atoms with Crippen LogP contribution in [0, 0.1) is 0 Å². The van der Waals surface area contributed by atoms with E-state index in [0.29, 0.717) is 22.3 Å². The van der Waals surface area contributed by atoms with Crippen molar-refractivity contribution in [3.8, 4) is 0 Å². The molecule has 0 bridgehead atoms. The fraction of sp³-hybridized carbons (Fsp3) is 0.0417. The third kappa shape index (κ3) is 3.45. The lowest BCUT2D eigenvalue weighted by atomic mass is 10.0. The van der Waals surface area contributed by atoms with Crippen molar-refractivity contribution < 1.29 is 9.21 Å². The van der Waals surface area contributed by atoms with Crippen LogP contribution >= 0.6 is 27.3 Å². The lowest BCUT2D eigenvalue weighted by Gasteiger charge is -2.04. The number of carbonyl (C=O) groups is 1. The summed E-state index contributed by atoms with van der Waals surface area (Å²) in [6, 6.07) is 18.8. The molecule has 5 nitrogen and oxygen atoms in total. The molecule has 0 atom stereocenters. The minimum Gasteiger partial charge on any atom is -0.422 e. The number of aromatic nitrogens is 1. The van der Waals surface area contributed by atoms with Crippen molar-refractivity contribution in [3.05, 3.63) is 98.6 Å². The molecular weight excluding hydrogens is 476 g/mol. The van der Waals surface area contributed by atoms with Gasteiger partial charge < -0.3 is 8.98 Å². The van der Waals surface area contributed by atoms with Gasteiger partial charge in [0.05, 0.1) is 10.2 Å². The zero-order valence-electron chi connectivity index (χ0n) is 16.2. The number of thiazole rings is 1. The van der Waals surface area contributed by atoms with Gasteiger partial charge in [0.1, 0.15) is 11.1 Å². The van der Waals surface area contributed by atoms with E-state index in [1.165, 1.54) is 11.3 Å². The van der Waals surface area contributed by atoms with E-state index < -0.39 is 11.5 Å². The molecule has 1 amide bonds. The lowest BCUT2D eigenvalue weighted by Crippen LogP contribution is -2.19. The Bertz CT molecular complexity index is 1640. The summed E-state index contributed by atoms with van der Waals surface area (Å²) in [5.74, 6) is -0.632. The van der Waals surface area contributed by atoms with E-state index in [0.717, 1.165) is 25.5 Å². The van der Waals surface area contributed by atoms with Crippen LogP contribution in [0.4, 0.5) is 0 Å². The normalized spacial score (nSPS) is 12.1. The maximum Gasteiger partial charge on any atom is 0.349 e. The topological polar surface area (TPSA) is 64.6 Å². The zero-order valence-corrected chi connectivity index (χ0v) is 18.6. The molecule has 31 heavy (non-hydrogen) atoms. The minimum absolute atomic E-state index is 0.0901. The van der Waals surface area contributed by atoms with Crippen molar-refractivity contribution in [2.24, 2.45) is 4.99 Å². The molecule has 5 aromatic rings. The fourth-order valence-corrected chi connectivity index (χ4v) is 5.20. The zero-order chi connectivity index (χ0) is 21.5. The van der Waals surface area contributed by atoms with Gasteiger partial charge in [-0.05, 0) is 41.1 Å². The molecule has 2 heterocycles. The first-order valence-electron chi connectivity index (χ1n) is 9.49. The van der Waals surface area contributed by atoms with Gasteiger partial charge >= 0.3 is 5.63 Å². The van der Waals surface area contributed by atoms with Gasteiger partial charge in [-0.3, -0.25) is 4.79 Å². The Balaban J connectivity index is 1.72. The number of carbonyl (C=O) groups excluding carboxylic acids is 1. The number of hydrogen-bond acceptors (Lipinski definition) is 4. The molecular formula is C24H15BrN2O3S. The van der Waals surface area contributed by atoms with Crippen LogP contribution in [0.3, 0.4) is 0 Å². The van der Waals surface area contributed by atoms with E-state index in [9.17, 15) is 9.59 Å². The number of amides is 1. The summed E-state index contributed by atoms with van der Waals surface area (Å²) in [5.41, 5.74) is 0.591. The molecule has 0 aliphatic heterocycles. The summed E-state index contributed by atoms with van der Waals surface area (Å²) >= 11 is 4.85. The molecule has 0 radical (unpaired) electrons. The smallest absolute Gasteiger partial charge is 0.349 e. The molecule has 0 saturated heterocycles. The second-order valence-corrected chi connectivity index (χ2v) is 8.88. The second-order valence-electron chi connectivity index (χ2n) is 6.96. The highest BCUT2D eigenvalue weighted by molar-refractivity contribution is 9.10. The third-order valence-electron chi connectivity index (χ3n) is 5.03. The predicted molar refractivity (Wildman–Crippen MR) is 128 cm³/mol. The van der Waals surface area contributed by atoms with Gasteiger partial charge in [-0.25, -0.2) is 4.79 Å². The van der Waals surface area contributed by atoms with Crippen molar-refractivity contribution >= 4 is 65.1 Å². The van der Waals surface area contributed by atoms with Crippen LogP contribution < -0.4 is 10.4 Å². The van der Waals surface area contributed by atoms with E-state index in [-0.39, 0.29) is 5.56 Å². The Labute approximate surface area is 188 Å². The summed E-state index contributed by atoms with van der Waals surface area (Å²) in [7, 11) is 0. The van der Waals surface area contributed by atoms with E-state index >= 15 is 0 Å². The van der Waals surface area contributed by atoms with E-state index in [1.54, 1.807) is 18.2 Å². The van der Waals surface area contributed by atoms with Gasteiger partial charge in [0, 0.05) is 16.4 Å². The molecule has 0 saturated carbocycles. The van der Waals surface area contributed by atoms with Gasteiger partial charge in [-0.2, -0.15) is 4.99 Å². The molecule has 0 aliphatic rings. The van der Waals surface area contributed by atoms with Gasteiger partial charge in [-0.15, -0.1) is 6.58 Å². The summed E-state index contributed by atoms with van der Waals surface area (Å²) in [6.07, 6.45) is 1.74. The number of halogens is 1. The lowest BCUT2D eigenvalue weighted by molar-refractivity contribution is 0.0994. The molecule has 0 unspecified atom stereocenters. The molecule has 3 aromatic carbocycles. The number of fused-ring (bicyclic) bond motifs is 4. The third-order valence-corrected chi connectivity index (χ3v) is 6.56. The number of allylic oxidation sites excluding steroid dienone is 1. The molecule has 0 spiro atoms. The molecule has 5 rings (SSSR count). The summed E-state index contributed by atoms with van der Waals surface area (Å²) in [5, 5.41) is 2.61. The molecule has 0 aliphatic carbocycles. The Kier molecular flexibility index (Phi) is 4.92. The first-order valence-corrected chi connectivity index (χ1v) is 11.1. The van der Waals surface area contributed by atoms with Crippen molar-refractivity contribution in [1.82, 2.24) is 4.57 Å². The van der Waals surface area contributed by atoms with E-state index in [2.05, 4.69) is 27.5 Å². The maximum absolute atomic E-state index is 13.0. The number of benzene rings is 3. The van der Waals surface area contributed by atoms with Crippen LogP contribution in [0.1, 0.15) is 10.4 Å². The highest BCUT2D eigenvalue weighted by atomic mass is 79.9. The van der Waals surface area contributed by atoms with Gasteiger partial charge in [0.25, 0.3) is 5.91 Å². The van der Waals surface area contributed by atoms with Crippen LogP contribution in [0.2, 0.25) is 0 Å². The number of nitrogens with zero attached hydrogens (tertiary/aromatic N) is 2. The summed E-state index contributed by atoms with van der Waals surface area (Å²) < 4.78 is 9.26. The largest absolute Gasteiger partial charge is 0.422 e. The molecule has 152 valence electrons. The van der Waals surface area contributed by atoms with Crippen molar-refractivity contribution in [2.75, 3.05) is 0 Å². The Hall–Kier alpha value is -3.29. The average molecular weight is 491 g/mol. The van der Waals surface area contributed by atoms with Gasteiger partial charge in [-0.1, -0.05) is 63.7 Å². The van der Waals surface area contributed by atoms with Crippen LogP contribution in [-0.4, -0.2) is 10.5 Å². The van der Waals surface area contributed by atoms with Gasteiger partial charge in [0.15, 0.2) is 4.80 Å². The standard InChI is InChI=1S/C24H15BrN2O3S/c1-2-11-27-19-9-8-15(25)12-21(19)31-24(27)26-22(28)18-13-17-16-6-4-3-5-14(16)7-10-20(17)30-23(18)29/h2-10,12-13H,1,11H2. The number of hydrogen-bond donors (Lipinski definition) is 0. The minimum atomic E-state index is -0.698. The quantitative estimate of drug-likeness (QED) is 0.186. The molecule has 0 N–H and O–H groups in total. The van der Waals surface area contributed by atoms with Crippen LogP contribution in [0.5, 0.6) is 0 Å². The van der Waals surface area contributed by atoms with E-state index in [4.69, 9.17) is 4.42 Å². The van der Waals surface area contributed by atoms with Crippen molar-refractivity contribution in [2.45, 2.75) is 6.54 Å². The van der Waals surface area contributed by atoms with Crippen LogP contribution in [0.25, 0.3) is 32.0 Å². The maximum atomic E-state index is 13.0. The first-order chi connectivity index (χ1) is 15.0. The second kappa shape index (κ2) is 7.76. The van der Waals surface area contributed by atoms with Crippen molar-refractivity contribution in [1.29, 1.82) is 0 Å². The SMILES string of the molecule is C=CCn1c(=NC(=O)c2cc3c(ccc4ccccc43)oc2=O)sc2cc(Br)ccc21. The predicted octanol–water partition coefficient (Wildman–Crippen LogP) is 5.65. The van der Waals surface area contributed by atoms with Crippen molar-refractivity contribution in [3.63, 3.8) is 0 Å². The highest BCUT2D eigenvalue weighted by Crippen LogP contribution is 2.25.